The van der Waals surface area contributed by atoms with Gasteiger partial charge in [-0.2, -0.15) is 0 Å². The monoisotopic (exact) mass is 323 g/mol. The molecule has 0 radical (unpaired) electrons. The molecule has 1 aliphatic heterocycles. The first-order valence-corrected chi connectivity index (χ1v) is 8.46. The van der Waals surface area contributed by atoms with Crippen LogP contribution < -0.4 is 0 Å². The van der Waals surface area contributed by atoms with Crippen molar-refractivity contribution in [2.75, 3.05) is 13.2 Å². The third-order valence-electron chi connectivity index (χ3n) is 5.19. The Morgan fingerprint density at radius 3 is 2.25 bits per heavy atom. The number of benzene rings is 2. The van der Waals surface area contributed by atoms with E-state index < -0.39 is 6.10 Å². The first-order valence-electron chi connectivity index (χ1n) is 8.46. The van der Waals surface area contributed by atoms with E-state index in [1.54, 1.807) is 11.8 Å². The highest BCUT2D eigenvalue weighted by Crippen LogP contribution is 2.44. The predicted octanol–water partition coefficient (Wildman–Crippen LogP) is 3.39. The number of fused-ring (bicyclic) bond motifs is 3. The molecule has 1 fully saturated rings. The highest BCUT2D eigenvalue weighted by Gasteiger charge is 2.37. The Hall–Kier alpha value is -2.33. The largest absolute Gasteiger partial charge is 0.448 e. The average molecular weight is 323 g/mol. The maximum absolute atomic E-state index is 12.3. The van der Waals surface area contributed by atoms with Crippen LogP contribution in [0.1, 0.15) is 30.4 Å². The zero-order valence-corrected chi connectivity index (χ0v) is 13.7. The Balaban J connectivity index is 1.52. The topological polar surface area (TPSA) is 49.8 Å². The fourth-order valence-corrected chi connectivity index (χ4v) is 3.81. The van der Waals surface area contributed by atoms with Crippen molar-refractivity contribution >= 4 is 6.09 Å². The molecule has 1 aliphatic carbocycles. The second-order valence-corrected chi connectivity index (χ2v) is 6.59. The van der Waals surface area contributed by atoms with Crippen molar-refractivity contribution in [2.24, 2.45) is 0 Å². The highest BCUT2D eigenvalue weighted by atomic mass is 16.6. The lowest BCUT2D eigenvalue weighted by Crippen LogP contribution is -2.56. The van der Waals surface area contributed by atoms with Gasteiger partial charge in [0.15, 0.2) is 0 Å². The van der Waals surface area contributed by atoms with Crippen LogP contribution in [0, 0.1) is 0 Å². The molecule has 0 saturated carbocycles. The van der Waals surface area contributed by atoms with E-state index in [2.05, 4.69) is 24.3 Å². The fraction of sp³-hybridized carbons (Fsp3) is 0.350. The fourth-order valence-electron chi connectivity index (χ4n) is 3.81. The lowest BCUT2D eigenvalue weighted by atomic mass is 9.98. The van der Waals surface area contributed by atoms with Gasteiger partial charge in [0.25, 0.3) is 0 Å². The zero-order chi connectivity index (χ0) is 16.7. The molecule has 0 bridgehead atoms. The number of nitrogens with zero attached hydrogens (tertiary/aromatic N) is 1. The lowest BCUT2D eigenvalue weighted by Gasteiger charge is -2.41. The van der Waals surface area contributed by atoms with E-state index >= 15 is 0 Å². The maximum atomic E-state index is 12.3. The number of rotatable bonds is 3. The summed E-state index contributed by atoms with van der Waals surface area (Å²) < 4.78 is 5.60. The zero-order valence-electron chi connectivity index (χ0n) is 13.7. The van der Waals surface area contributed by atoms with Crippen molar-refractivity contribution in [3.05, 3.63) is 59.7 Å². The maximum Gasteiger partial charge on any atom is 0.410 e. The van der Waals surface area contributed by atoms with Crippen molar-refractivity contribution < 1.29 is 14.6 Å². The third-order valence-corrected chi connectivity index (χ3v) is 5.19. The van der Waals surface area contributed by atoms with Crippen LogP contribution in [-0.2, 0) is 4.74 Å². The van der Waals surface area contributed by atoms with E-state index in [0.717, 1.165) is 6.42 Å². The summed E-state index contributed by atoms with van der Waals surface area (Å²) in [7, 11) is 0. The molecule has 1 heterocycles. The molecule has 1 amide bonds. The molecule has 4 rings (SSSR count). The number of hydrogen-bond acceptors (Lipinski definition) is 3. The van der Waals surface area contributed by atoms with Gasteiger partial charge in [0, 0.05) is 12.5 Å². The van der Waals surface area contributed by atoms with Crippen molar-refractivity contribution in [2.45, 2.75) is 31.4 Å². The molecule has 2 atom stereocenters. The van der Waals surface area contributed by atoms with Crippen LogP contribution in [-0.4, -0.2) is 41.4 Å². The Morgan fingerprint density at radius 2 is 1.75 bits per heavy atom. The molecule has 0 aromatic heterocycles. The first-order chi connectivity index (χ1) is 11.7. The van der Waals surface area contributed by atoms with Gasteiger partial charge in [0.2, 0.25) is 0 Å². The smallest absolute Gasteiger partial charge is 0.410 e. The Kier molecular flexibility index (Phi) is 3.77. The number of amides is 1. The van der Waals surface area contributed by atoms with Crippen LogP contribution in [0.3, 0.4) is 0 Å². The minimum atomic E-state index is -0.515. The summed E-state index contributed by atoms with van der Waals surface area (Å²) >= 11 is 0. The van der Waals surface area contributed by atoms with Crippen LogP contribution in [0.5, 0.6) is 0 Å². The molecular weight excluding hydrogens is 302 g/mol. The summed E-state index contributed by atoms with van der Waals surface area (Å²) in [5, 5.41) is 9.68. The number of ether oxygens (including phenoxy) is 1. The minimum Gasteiger partial charge on any atom is -0.448 e. The molecule has 124 valence electrons. The number of carbonyl (C=O) groups excluding carboxylic acids is 1. The molecule has 24 heavy (non-hydrogen) atoms. The predicted molar refractivity (Wildman–Crippen MR) is 91.9 cm³/mol. The van der Waals surface area contributed by atoms with Crippen molar-refractivity contribution in [1.29, 1.82) is 0 Å². The molecule has 1 saturated heterocycles. The Bertz CT molecular complexity index is 725. The summed E-state index contributed by atoms with van der Waals surface area (Å²) in [4.78, 5) is 13.9. The Morgan fingerprint density at radius 1 is 1.17 bits per heavy atom. The van der Waals surface area contributed by atoms with Crippen molar-refractivity contribution in [1.82, 2.24) is 4.90 Å². The van der Waals surface area contributed by atoms with E-state index in [4.69, 9.17) is 4.74 Å². The number of aliphatic hydroxyl groups is 1. The van der Waals surface area contributed by atoms with Gasteiger partial charge >= 0.3 is 6.09 Å². The summed E-state index contributed by atoms with van der Waals surface area (Å²) in [5.41, 5.74) is 4.87. The van der Waals surface area contributed by atoms with Crippen LogP contribution in [0.15, 0.2) is 48.5 Å². The Labute approximate surface area is 141 Å². The van der Waals surface area contributed by atoms with Crippen LogP contribution in [0.2, 0.25) is 0 Å². The third kappa shape index (κ3) is 2.38. The SMILES string of the molecule is CC(O)C1CCN1C(=O)OCC1c2ccccc2-c2ccccc21. The quantitative estimate of drug-likeness (QED) is 0.942. The van der Waals surface area contributed by atoms with E-state index in [-0.39, 0.29) is 18.1 Å². The highest BCUT2D eigenvalue weighted by molar-refractivity contribution is 5.79. The van der Waals surface area contributed by atoms with Gasteiger partial charge in [-0.25, -0.2) is 4.79 Å². The number of likely N-dealkylation sites (tertiary alicyclic amines) is 1. The molecule has 2 aromatic carbocycles. The molecule has 2 aliphatic rings. The summed E-state index contributed by atoms with van der Waals surface area (Å²) in [6.45, 7) is 2.70. The molecular formula is C20H21NO3. The lowest BCUT2D eigenvalue weighted by molar-refractivity contribution is -0.00826. The van der Waals surface area contributed by atoms with E-state index in [1.807, 2.05) is 24.3 Å². The van der Waals surface area contributed by atoms with Crippen LogP contribution in [0.4, 0.5) is 4.79 Å². The molecule has 2 unspecified atom stereocenters. The van der Waals surface area contributed by atoms with Gasteiger partial charge in [0.05, 0.1) is 12.1 Å². The minimum absolute atomic E-state index is 0.0765. The second kappa shape index (κ2) is 5.95. The van der Waals surface area contributed by atoms with E-state index in [9.17, 15) is 9.90 Å². The summed E-state index contributed by atoms with van der Waals surface area (Å²) in [6.07, 6.45) is -0.00441. The summed E-state index contributed by atoms with van der Waals surface area (Å²) in [5.74, 6) is 0.0765. The first kappa shape index (κ1) is 15.2. The standard InChI is InChI=1S/C20H21NO3/c1-13(22)19-10-11-21(19)20(23)24-12-18-16-8-4-2-6-14(16)15-7-3-5-9-17(15)18/h2-9,13,18-19,22H,10-12H2,1H3. The van der Waals surface area contributed by atoms with Gasteiger partial charge in [0.1, 0.15) is 6.61 Å². The molecule has 4 heteroatoms. The molecule has 2 aromatic rings. The van der Waals surface area contributed by atoms with Crippen molar-refractivity contribution in [3.8, 4) is 11.1 Å². The number of hydrogen-bond donors (Lipinski definition) is 1. The van der Waals surface area contributed by atoms with Gasteiger partial charge < -0.3 is 14.7 Å². The van der Waals surface area contributed by atoms with Gasteiger partial charge in [-0.1, -0.05) is 48.5 Å². The van der Waals surface area contributed by atoms with Gasteiger partial charge in [-0.05, 0) is 35.6 Å². The molecule has 4 nitrogen and oxygen atoms in total. The molecule has 0 spiro atoms. The van der Waals surface area contributed by atoms with E-state index in [1.165, 1.54) is 22.3 Å². The van der Waals surface area contributed by atoms with E-state index in [0.29, 0.717) is 13.2 Å². The number of aliphatic hydroxyl groups excluding tert-OH is 1. The van der Waals surface area contributed by atoms with Crippen LogP contribution in [0.25, 0.3) is 11.1 Å². The normalized spacial score (nSPS) is 20.1. The molecule has 1 N–H and O–H groups in total. The van der Waals surface area contributed by atoms with Gasteiger partial charge in [-0.3, -0.25) is 0 Å². The number of carbonyl (C=O) groups is 1. The summed E-state index contributed by atoms with van der Waals surface area (Å²) in [6, 6.07) is 16.5. The van der Waals surface area contributed by atoms with Crippen molar-refractivity contribution in [3.63, 3.8) is 0 Å². The average Bonchev–Trinajstić information content (AvgIpc) is 2.85. The van der Waals surface area contributed by atoms with Crippen LogP contribution >= 0.6 is 0 Å². The second-order valence-electron chi connectivity index (χ2n) is 6.59. The van der Waals surface area contributed by atoms with Gasteiger partial charge in [-0.15, -0.1) is 0 Å².